The van der Waals surface area contributed by atoms with Crippen LogP contribution in [0.2, 0.25) is 0 Å². The minimum atomic E-state index is -0.686. The first-order valence-electron chi connectivity index (χ1n) is 5.82. The van der Waals surface area contributed by atoms with Gasteiger partial charge in [-0.2, -0.15) is 0 Å². The second-order valence-electron chi connectivity index (χ2n) is 3.65. The minimum absolute atomic E-state index is 0.180. The van der Waals surface area contributed by atoms with Crippen LogP contribution in [0.1, 0.15) is 10.4 Å². The van der Waals surface area contributed by atoms with Gasteiger partial charge in [0.05, 0.1) is 40.1 Å². The van der Waals surface area contributed by atoms with E-state index in [1.54, 1.807) is 0 Å². The lowest BCUT2D eigenvalue weighted by molar-refractivity contribution is -0.134. The summed E-state index contributed by atoms with van der Waals surface area (Å²) in [6.07, 6.45) is 1.92. The third-order valence-corrected chi connectivity index (χ3v) is 2.48. The molecule has 0 amide bonds. The molecule has 114 valence electrons. The molecular weight excluding hydrogens is 280 g/mol. The zero-order valence-electron chi connectivity index (χ0n) is 12.2. The lowest BCUT2D eigenvalue weighted by Crippen LogP contribution is -2.04. The first kappa shape index (κ1) is 16.4. The number of hydrogen-bond donors (Lipinski definition) is 0. The number of ether oxygens (including phenoxy) is 5. The van der Waals surface area contributed by atoms with E-state index in [4.69, 9.17) is 18.9 Å². The van der Waals surface area contributed by atoms with E-state index in [1.165, 1.54) is 40.6 Å². The zero-order chi connectivity index (χ0) is 15.8. The molecule has 0 aromatic heterocycles. The summed E-state index contributed by atoms with van der Waals surface area (Å²) < 4.78 is 24.6. The molecule has 0 N–H and O–H groups in total. The Kier molecular flexibility index (Phi) is 6.06. The molecular formula is C14H16O7. The highest BCUT2D eigenvalue weighted by molar-refractivity contribution is 5.92. The predicted octanol–water partition coefficient (Wildman–Crippen LogP) is 1.56. The van der Waals surface area contributed by atoms with E-state index in [-0.39, 0.29) is 5.56 Å². The zero-order valence-corrected chi connectivity index (χ0v) is 12.2. The number of benzene rings is 1. The van der Waals surface area contributed by atoms with Crippen LogP contribution >= 0.6 is 0 Å². The molecule has 0 saturated heterocycles. The first-order valence-corrected chi connectivity index (χ1v) is 5.82. The summed E-state index contributed by atoms with van der Waals surface area (Å²) in [5, 5.41) is 0. The second-order valence-corrected chi connectivity index (χ2v) is 3.65. The summed E-state index contributed by atoms with van der Waals surface area (Å²) in [6.45, 7) is 0. The van der Waals surface area contributed by atoms with Crippen LogP contribution in [0.3, 0.4) is 0 Å². The first-order chi connectivity index (χ1) is 10.1. The Hall–Kier alpha value is -2.70. The third-order valence-electron chi connectivity index (χ3n) is 2.48. The van der Waals surface area contributed by atoms with E-state index in [2.05, 4.69) is 4.74 Å². The number of rotatable bonds is 6. The standard InChI is InChI=1S/C14H16O7/c1-17-10-7-9(8-11(18-2)13(10)20-4)14(16)21-6-5-12(15)19-3/h5-8H,1-4H3. The van der Waals surface area contributed by atoms with Crippen molar-refractivity contribution in [2.75, 3.05) is 28.4 Å². The molecule has 1 rings (SSSR count). The van der Waals surface area contributed by atoms with Crippen LogP contribution in [-0.4, -0.2) is 40.4 Å². The van der Waals surface area contributed by atoms with Crippen molar-refractivity contribution in [1.29, 1.82) is 0 Å². The van der Waals surface area contributed by atoms with Crippen molar-refractivity contribution in [2.24, 2.45) is 0 Å². The molecule has 0 heterocycles. The molecule has 0 aliphatic heterocycles. The van der Waals surface area contributed by atoms with Crippen LogP contribution in [0.25, 0.3) is 0 Å². The van der Waals surface area contributed by atoms with Gasteiger partial charge in [0, 0.05) is 0 Å². The average Bonchev–Trinajstić information content (AvgIpc) is 2.52. The SMILES string of the molecule is COC(=O)C=COC(=O)c1cc(OC)c(OC)c(OC)c1. The van der Waals surface area contributed by atoms with Crippen LogP contribution in [0, 0.1) is 0 Å². The summed E-state index contributed by atoms with van der Waals surface area (Å²) in [4.78, 5) is 22.7. The van der Waals surface area contributed by atoms with Crippen LogP contribution in [-0.2, 0) is 14.3 Å². The fourth-order valence-electron chi connectivity index (χ4n) is 1.49. The highest BCUT2D eigenvalue weighted by Gasteiger charge is 2.17. The van der Waals surface area contributed by atoms with Crippen molar-refractivity contribution in [3.63, 3.8) is 0 Å². The lowest BCUT2D eigenvalue weighted by atomic mass is 10.2. The monoisotopic (exact) mass is 296 g/mol. The van der Waals surface area contributed by atoms with Gasteiger partial charge in [-0.15, -0.1) is 0 Å². The fourth-order valence-corrected chi connectivity index (χ4v) is 1.49. The van der Waals surface area contributed by atoms with Gasteiger partial charge in [-0.25, -0.2) is 9.59 Å². The van der Waals surface area contributed by atoms with E-state index in [9.17, 15) is 9.59 Å². The summed E-state index contributed by atoms with van der Waals surface area (Å²) in [7, 11) is 5.54. The van der Waals surface area contributed by atoms with Crippen molar-refractivity contribution in [2.45, 2.75) is 0 Å². The summed E-state index contributed by atoms with van der Waals surface area (Å²) in [6, 6.07) is 2.88. The van der Waals surface area contributed by atoms with Gasteiger partial charge in [-0.1, -0.05) is 0 Å². The van der Waals surface area contributed by atoms with Crippen molar-refractivity contribution >= 4 is 11.9 Å². The molecule has 21 heavy (non-hydrogen) atoms. The van der Waals surface area contributed by atoms with Gasteiger partial charge in [0.25, 0.3) is 0 Å². The molecule has 0 unspecified atom stereocenters. The Morgan fingerprint density at radius 3 is 1.95 bits per heavy atom. The van der Waals surface area contributed by atoms with Crippen LogP contribution in [0.4, 0.5) is 0 Å². The molecule has 0 saturated carbocycles. The maximum atomic E-state index is 11.9. The lowest BCUT2D eigenvalue weighted by Gasteiger charge is -2.13. The van der Waals surface area contributed by atoms with Crippen LogP contribution < -0.4 is 14.2 Å². The molecule has 1 aromatic carbocycles. The molecule has 7 heteroatoms. The molecule has 0 bridgehead atoms. The van der Waals surface area contributed by atoms with Crippen molar-refractivity contribution in [3.05, 3.63) is 30.0 Å². The van der Waals surface area contributed by atoms with Gasteiger partial charge >= 0.3 is 11.9 Å². The van der Waals surface area contributed by atoms with Gasteiger partial charge in [-0.3, -0.25) is 0 Å². The number of carbonyl (C=O) groups excluding carboxylic acids is 2. The smallest absolute Gasteiger partial charge is 0.343 e. The highest BCUT2D eigenvalue weighted by Crippen LogP contribution is 2.38. The number of methoxy groups -OCH3 is 4. The van der Waals surface area contributed by atoms with Crippen LogP contribution in [0.15, 0.2) is 24.5 Å². The molecule has 0 aliphatic rings. The average molecular weight is 296 g/mol. The van der Waals surface area contributed by atoms with E-state index in [0.717, 1.165) is 12.3 Å². The predicted molar refractivity (Wildman–Crippen MR) is 72.7 cm³/mol. The topological polar surface area (TPSA) is 80.3 Å². The number of esters is 2. The van der Waals surface area contributed by atoms with E-state index >= 15 is 0 Å². The van der Waals surface area contributed by atoms with E-state index < -0.39 is 11.9 Å². The summed E-state index contributed by atoms with van der Waals surface area (Å²) >= 11 is 0. The molecule has 0 atom stereocenters. The van der Waals surface area contributed by atoms with Crippen molar-refractivity contribution < 1.29 is 33.3 Å². The normalized spacial score (nSPS) is 10.1. The number of hydrogen-bond acceptors (Lipinski definition) is 7. The highest BCUT2D eigenvalue weighted by atomic mass is 16.5. The Morgan fingerprint density at radius 2 is 1.52 bits per heavy atom. The van der Waals surface area contributed by atoms with Gasteiger partial charge in [-0.05, 0) is 12.1 Å². The van der Waals surface area contributed by atoms with Crippen molar-refractivity contribution in [3.8, 4) is 17.2 Å². The van der Waals surface area contributed by atoms with E-state index in [0.29, 0.717) is 17.2 Å². The van der Waals surface area contributed by atoms with Gasteiger partial charge < -0.3 is 23.7 Å². The van der Waals surface area contributed by atoms with E-state index in [1.807, 2.05) is 0 Å². The van der Waals surface area contributed by atoms with Crippen molar-refractivity contribution in [1.82, 2.24) is 0 Å². The maximum absolute atomic E-state index is 11.9. The maximum Gasteiger partial charge on any atom is 0.343 e. The molecule has 0 fully saturated rings. The Morgan fingerprint density at radius 1 is 0.952 bits per heavy atom. The molecule has 7 nitrogen and oxygen atoms in total. The Labute approximate surface area is 122 Å². The Balaban J connectivity index is 2.99. The fraction of sp³-hybridized carbons (Fsp3) is 0.286. The molecule has 0 aliphatic carbocycles. The summed E-state index contributed by atoms with van der Waals surface area (Å²) in [5.41, 5.74) is 0.180. The van der Waals surface area contributed by atoms with Gasteiger partial charge in [0.15, 0.2) is 11.5 Å². The largest absolute Gasteiger partial charge is 0.493 e. The quantitative estimate of drug-likeness (QED) is 0.447. The molecule has 1 aromatic rings. The third kappa shape index (κ3) is 4.13. The second kappa shape index (κ2) is 7.78. The minimum Gasteiger partial charge on any atom is -0.493 e. The molecule has 0 spiro atoms. The number of carbonyl (C=O) groups is 2. The van der Waals surface area contributed by atoms with Crippen LogP contribution in [0.5, 0.6) is 17.2 Å². The Bertz CT molecular complexity index is 523. The summed E-state index contributed by atoms with van der Waals surface area (Å²) in [5.74, 6) is -0.315. The molecule has 0 radical (unpaired) electrons. The van der Waals surface area contributed by atoms with Gasteiger partial charge in [0.2, 0.25) is 5.75 Å². The van der Waals surface area contributed by atoms with Gasteiger partial charge in [0.1, 0.15) is 6.26 Å².